The highest BCUT2D eigenvalue weighted by Gasteiger charge is 2.50. The topological polar surface area (TPSA) is 61.5 Å². The number of carbonyl (C=O) groups excluding carboxylic acids is 1. The first-order valence-corrected chi connectivity index (χ1v) is 10.4. The first-order valence-electron chi connectivity index (χ1n) is 10.4. The molecule has 0 spiro atoms. The highest BCUT2D eigenvalue weighted by molar-refractivity contribution is 5.95. The summed E-state index contributed by atoms with van der Waals surface area (Å²) in [6.07, 6.45) is 2.24. The van der Waals surface area contributed by atoms with Crippen molar-refractivity contribution >= 4 is 5.78 Å². The van der Waals surface area contributed by atoms with Crippen molar-refractivity contribution in [3.63, 3.8) is 0 Å². The van der Waals surface area contributed by atoms with Gasteiger partial charge in [-0.15, -0.1) is 0 Å². The van der Waals surface area contributed by atoms with E-state index in [1.165, 1.54) is 11.1 Å². The van der Waals surface area contributed by atoms with Gasteiger partial charge in [-0.1, -0.05) is 42.5 Å². The van der Waals surface area contributed by atoms with Gasteiger partial charge >= 0.3 is 0 Å². The van der Waals surface area contributed by atoms with E-state index in [1.54, 1.807) is 0 Å². The second-order valence-corrected chi connectivity index (χ2v) is 8.30. The number of fused-ring (bicyclic) bond motifs is 1. The Hall–Kier alpha value is -3.11. The first-order chi connectivity index (χ1) is 14.6. The van der Waals surface area contributed by atoms with E-state index in [4.69, 9.17) is 15.2 Å². The molecule has 5 rings (SSSR count). The van der Waals surface area contributed by atoms with Crippen LogP contribution < -0.4 is 15.2 Å². The van der Waals surface area contributed by atoms with Gasteiger partial charge < -0.3 is 15.2 Å². The number of rotatable bonds is 6. The van der Waals surface area contributed by atoms with E-state index in [1.807, 2.05) is 30.3 Å². The van der Waals surface area contributed by atoms with Crippen LogP contribution in [0.3, 0.4) is 0 Å². The van der Waals surface area contributed by atoms with Gasteiger partial charge in [-0.25, -0.2) is 0 Å². The van der Waals surface area contributed by atoms with Gasteiger partial charge in [0.05, 0.1) is 5.41 Å². The van der Waals surface area contributed by atoms with E-state index in [0.29, 0.717) is 13.0 Å². The summed E-state index contributed by atoms with van der Waals surface area (Å²) < 4.78 is 10.9. The maximum absolute atomic E-state index is 13.3. The molecule has 2 N–H and O–H groups in total. The Morgan fingerprint density at radius 1 is 0.967 bits per heavy atom. The molecule has 2 aliphatic rings. The van der Waals surface area contributed by atoms with Crippen molar-refractivity contribution < 1.29 is 14.3 Å². The van der Waals surface area contributed by atoms with Crippen LogP contribution in [0.1, 0.15) is 35.1 Å². The third-order valence-electron chi connectivity index (χ3n) is 6.34. The minimum absolute atomic E-state index is 0.250. The predicted octanol–water partition coefficient (Wildman–Crippen LogP) is 4.69. The molecule has 4 heteroatoms. The van der Waals surface area contributed by atoms with Crippen molar-refractivity contribution in [1.82, 2.24) is 0 Å². The number of ketones is 1. The van der Waals surface area contributed by atoms with Gasteiger partial charge in [0.25, 0.3) is 0 Å². The zero-order valence-corrected chi connectivity index (χ0v) is 17.1. The average Bonchev–Trinajstić information content (AvgIpc) is 3.45. The number of aryl methyl sites for hydroxylation is 1. The molecular weight excluding hydrogens is 374 g/mol. The monoisotopic (exact) mass is 399 g/mol. The molecule has 0 bridgehead atoms. The Morgan fingerprint density at radius 2 is 1.80 bits per heavy atom. The zero-order valence-electron chi connectivity index (χ0n) is 17.1. The maximum Gasteiger partial charge on any atom is 0.231 e. The lowest BCUT2D eigenvalue weighted by Gasteiger charge is -2.16. The van der Waals surface area contributed by atoms with Gasteiger partial charge in [0.15, 0.2) is 11.5 Å². The quantitative estimate of drug-likeness (QED) is 0.653. The molecule has 0 amide bonds. The molecule has 1 heterocycles. The zero-order chi connectivity index (χ0) is 20.7. The Morgan fingerprint density at radius 3 is 2.57 bits per heavy atom. The van der Waals surface area contributed by atoms with Gasteiger partial charge in [0.1, 0.15) is 5.78 Å². The predicted molar refractivity (Wildman–Crippen MR) is 117 cm³/mol. The summed E-state index contributed by atoms with van der Waals surface area (Å²) in [5.41, 5.74) is 12.1. The number of hydrogen-bond acceptors (Lipinski definition) is 4. The molecule has 0 radical (unpaired) electrons. The molecule has 1 fully saturated rings. The lowest BCUT2D eigenvalue weighted by Crippen LogP contribution is -2.22. The van der Waals surface area contributed by atoms with Crippen LogP contribution in [0.2, 0.25) is 0 Å². The van der Waals surface area contributed by atoms with Crippen LogP contribution in [-0.2, 0) is 23.2 Å². The fourth-order valence-corrected chi connectivity index (χ4v) is 4.43. The number of benzene rings is 3. The molecule has 3 aromatic carbocycles. The van der Waals surface area contributed by atoms with E-state index in [9.17, 15) is 4.79 Å². The van der Waals surface area contributed by atoms with Crippen molar-refractivity contribution in [2.24, 2.45) is 5.73 Å². The minimum atomic E-state index is -0.372. The third-order valence-corrected chi connectivity index (χ3v) is 6.34. The molecule has 0 unspecified atom stereocenters. The van der Waals surface area contributed by atoms with E-state index in [0.717, 1.165) is 46.6 Å². The lowest BCUT2D eigenvalue weighted by atomic mass is 9.87. The summed E-state index contributed by atoms with van der Waals surface area (Å²) in [6, 6.07) is 20.5. The molecule has 3 aromatic rings. The number of carbonyl (C=O) groups is 1. The Balaban J connectivity index is 1.37. The molecule has 0 saturated heterocycles. The van der Waals surface area contributed by atoms with Gasteiger partial charge in [0.2, 0.25) is 6.79 Å². The molecule has 152 valence electrons. The molecule has 0 aromatic heterocycles. The van der Waals surface area contributed by atoms with E-state index >= 15 is 0 Å². The van der Waals surface area contributed by atoms with Crippen LogP contribution >= 0.6 is 0 Å². The average molecular weight is 399 g/mol. The van der Waals surface area contributed by atoms with Crippen molar-refractivity contribution in [3.8, 4) is 22.6 Å². The van der Waals surface area contributed by atoms with Gasteiger partial charge in [0, 0.05) is 13.0 Å². The Bertz CT molecular complexity index is 1130. The van der Waals surface area contributed by atoms with Crippen molar-refractivity contribution in [2.45, 2.75) is 38.1 Å². The molecule has 4 nitrogen and oxygen atoms in total. The molecule has 1 aliphatic heterocycles. The largest absolute Gasteiger partial charge is 0.454 e. The second kappa shape index (κ2) is 7.29. The van der Waals surface area contributed by atoms with Crippen molar-refractivity contribution in [2.75, 3.05) is 6.79 Å². The summed E-state index contributed by atoms with van der Waals surface area (Å²) in [5, 5.41) is 0. The van der Waals surface area contributed by atoms with Crippen molar-refractivity contribution in [3.05, 3.63) is 82.9 Å². The molecule has 1 saturated carbocycles. The normalized spacial score (nSPS) is 15.8. The Labute approximate surface area is 176 Å². The number of Topliss-reactive ketones (excluding diaryl/α,β-unsaturated/α-hetero) is 1. The third kappa shape index (κ3) is 3.27. The fraction of sp³-hybridized carbons (Fsp3) is 0.269. The molecule has 0 atom stereocenters. The SMILES string of the molecule is Cc1cc(CC(=O)C2(c3ccc4c(c3)OCO4)CC2)ccc1-c1cccc(CN)c1. The van der Waals surface area contributed by atoms with Crippen LogP contribution in [0.4, 0.5) is 0 Å². The van der Waals surface area contributed by atoms with Crippen LogP contribution in [0.5, 0.6) is 11.5 Å². The first kappa shape index (κ1) is 18.9. The minimum Gasteiger partial charge on any atom is -0.454 e. The molecular formula is C26H25NO3. The van der Waals surface area contributed by atoms with Crippen LogP contribution in [0.15, 0.2) is 60.7 Å². The van der Waals surface area contributed by atoms with Gasteiger partial charge in [-0.3, -0.25) is 4.79 Å². The summed E-state index contributed by atoms with van der Waals surface area (Å²) in [7, 11) is 0. The summed E-state index contributed by atoms with van der Waals surface area (Å²) in [4.78, 5) is 13.3. The van der Waals surface area contributed by atoms with E-state index < -0.39 is 0 Å². The lowest BCUT2D eigenvalue weighted by molar-refractivity contribution is -0.120. The number of hydrogen-bond donors (Lipinski definition) is 1. The standard InChI is InChI=1S/C26H25NO3/c1-17-11-18(5-7-22(17)20-4-2-3-19(12-20)15-27)13-25(28)26(9-10-26)21-6-8-23-24(14-21)30-16-29-23/h2-8,11-12,14H,9-10,13,15-16,27H2,1H3. The van der Waals surface area contributed by atoms with Crippen LogP contribution in [-0.4, -0.2) is 12.6 Å². The van der Waals surface area contributed by atoms with Gasteiger partial charge in [-0.05, 0) is 71.3 Å². The summed E-state index contributed by atoms with van der Waals surface area (Å²) in [6.45, 7) is 2.88. The highest BCUT2D eigenvalue weighted by atomic mass is 16.7. The van der Waals surface area contributed by atoms with Gasteiger partial charge in [-0.2, -0.15) is 0 Å². The van der Waals surface area contributed by atoms with E-state index in [2.05, 4.69) is 37.3 Å². The van der Waals surface area contributed by atoms with Crippen LogP contribution in [0, 0.1) is 6.92 Å². The number of ether oxygens (including phenoxy) is 2. The second-order valence-electron chi connectivity index (χ2n) is 8.30. The molecule has 1 aliphatic carbocycles. The number of nitrogens with two attached hydrogens (primary N) is 1. The Kier molecular flexibility index (Phi) is 4.59. The van der Waals surface area contributed by atoms with Crippen LogP contribution in [0.25, 0.3) is 11.1 Å². The highest BCUT2D eigenvalue weighted by Crippen LogP contribution is 2.51. The van der Waals surface area contributed by atoms with Crippen molar-refractivity contribution in [1.29, 1.82) is 0 Å². The summed E-state index contributed by atoms with van der Waals surface area (Å²) >= 11 is 0. The maximum atomic E-state index is 13.3. The van der Waals surface area contributed by atoms with E-state index in [-0.39, 0.29) is 18.0 Å². The summed E-state index contributed by atoms with van der Waals surface area (Å²) in [5.74, 6) is 1.78. The fourth-order valence-electron chi connectivity index (χ4n) is 4.43. The smallest absolute Gasteiger partial charge is 0.231 e. The molecule has 30 heavy (non-hydrogen) atoms.